The summed E-state index contributed by atoms with van der Waals surface area (Å²) in [6, 6.07) is 0. The van der Waals surface area contributed by atoms with E-state index in [-0.39, 0.29) is 12.8 Å². The van der Waals surface area contributed by atoms with Crippen LogP contribution in [0.5, 0.6) is 0 Å². The topological polar surface area (TPSA) is 120 Å². The summed E-state index contributed by atoms with van der Waals surface area (Å²) in [7, 11) is 1.58. The van der Waals surface area contributed by atoms with E-state index < -0.39 is 35.4 Å². The monoisotopic (exact) mass is 426 g/mol. The standard InChI is InChI=1S/C20H30N2O8/c1-20(18(25)30-22-16(23)6-7-17(22)24)9-4-3-5-15(8-10-20)29-19(26)21-11-12-28-14-13-27-2/h3,5,15H,4,6-14H2,1-2H3,(H,21,26)/b5-3+/t15-,20+/m1/s1. The molecule has 0 aromatic rings. The maximum atomic E-state index is 12.7. The third-order valence-corrected chi connectivity index (χ3v) is 5.07. The molecule has 0 aromatic heterocycles. The van der Waals surface area contributed by atoms with Crippen molar-refractivity contribution in [1.29, 1.82) is 0 Å². The second-order valence-electron chi connectivity index (χ2n) is 7.50. The Morgan fingerprint density at radius 3 is 2.60 bits per heavy atom. The first-order chi connectivity index (χ1) is 14.4. The van der Waals surface area contributed by atoms with E-state index in [1.54, 1.807) is 20.1 Å². The summed E-state index contributed by atoms with van der Waals surface area (Å²) in [5, 5.41) is 3.18. The molecule has 3 amide bonds. The second kappa shape index (κ2) is 11.7. The number of rotatable bonds is 9. The van der Waals surface area contributed by atoms with Crippen LogP contribution in [0.1, 0.15) is 45.4 Å². The Hall–Kier alpha value is -2.46. The van der Waals surface area contributed by atoms with Gasteiger partial charge in [0.15, 0.2) is 0 Å². The number of allylic oxidation sites excluding steroid dienone is 1. The van der Waals surface area contributed by atoms with Crippen LogP contribution in [-0.2, 0) is 33.4 Å². The molecule has 0 radical (unpaired) electrons. The summed E-state index contributed by atoms with van der Waals surface area (Å²) in [5.41, 5.74) is -0.902. The van der Waals surface area contributed by atoms with E-state index in [0.29, 0.717) is 57.1 Å². The second-order valence-corrected chi connectivity index (χ2v) is 7.50. The number of alkyl carbamates (subject to hydrolysis) is 1. The molecule has 2 atom stereocenters. The van der Waals surface area contributed by atoms with Gasteiger partial charge in [-0.05, 0) is 38.7 Å². The van der Waals surface area contributed by atoms with Crippen molar-refractivity contribution in [2.24, 2.45) is 5.41 Å². The quantitative estimate of drug-likeness (QED) is 0.334. The summed E-state index contributed by atoms with van der Waals surface area (Å²) in [5.74, 6) is -1.64. The van der Waals surface area contributed by atoms with Crippen molar-refractivity contribution in [3.8, 4) is 0 Å². The molecule has 0 unspecified atom stereocenters. The number of carbonyl (C=O) groups excluding carboxylic acids is 4. The average Bonchev–Trinajstić information content (AvgIpc) is 3.02. The lowest BCUT2D eigenvalue weighted by Gasteiger charge is -2.30. The van der Waals surface area contributed by atoms with Crippen LogP contribution >= 0.6 is 0 Å². The smallest absolute Gasteiger partial charge is 0.407 e. The number of hydrogen-bond acceptors (Lipinski definition) is 8. The fraction of sp³-hybridized carbons (Fsp3) is 0.700. The number of hydrogen-bond donors (Lipinski definition) is 1. The minimum Gasteiger partial charge on any atom is -0.442 e. The minimum atomic E-state index is -0.902. The van der Waals surface area contributed by atoms with E-state index in [1.807, 2.05) is 6.08 Å². The molecule has 1 heterocycles. The molecular formula is C20H30N2O8. The number of ether oxygens (including phenoxy) is 3. The van der Waals surface area contributed by atoms with Gasteiger partial charge in [0, 0.05) is 26.5 Å². The Balaban J connectivity index is 1.80. The van der Waals surface area contributed by atoms with E-state index in [9.17, 15) is 19.2 Å². The highest BCUT2D eigenvalue weighted by atomic mass is 16.7. The lowest BCUT2D eigenvalue weighted by atomic mass is 9.79. The van der Waals surface area contributed by atoms with Gasteiger partial charge in [-0.25, -0.2) is 9.59 Å². The van der Waals surface area contributed by atoms with Gasteiger partial charge in [0.1, 0.15) is 6.10 Å². The molecular weight excluding hydrogens is 396 g/mol. The molecule has 0 bridgehead atoms. The van der Waals surface area contributed by atoms with Gasteiger partial charge in [-0.15, -0.1) is 5.06 Å². The van der Waals surface area contributed by atoms with Crippen molar-refractivity contribution in [2.75, 3.05) is 33.5 Å². The van der Waals surface area contributed by atoms with Crippen LogP contribution in [0.4, 0.5) is 4.79 Å². The number of nitrogens with one attached hydrogen (secondary N) is 1. The fourth-order valence-corrected chi connectivity index (χ4v) is 3.13. The Kier molecular flexibility index (Phi) is 9.25. The number of methoxy groups -OCH3 is 1. The first kappa shape index (κ1) is 23.8. The molecule has 1 fully saturated rings. The van der Waals surface area contributed by atoms with Crippen molar-refractivity contribution in [1.82, 2.24) is 10.4 Å². The lowest BCUT2D eigenvalue weighted by molar-refractivity contribution is -0.205. The molecule has 1 N–H and O–H groups in total. The van der Waals surface area contributed by atoms with Crippen LogP contribution in [0.25, 0.3) is 0 Å². The van der Waals surface area contributed by atoms with E-state index in [0.717, 1.165) is 0 Å². The van der Waals surface area contributed by atoms with Gasteiger partial charge >= 0.3 is 12.1 Å². The molecule has 2 aliphatic rings. The first-order valence-corrected chi connectivity index (χ1v) is 10.1. The van der Waals surface area contributed by atoms with Crippen LogP contribution in [0.15, 0.2) is 12.2 Å². The van der Waals surface area contributed by atoms with Crippen LogP contribution in [0.2, 0.25) is 0 Å². The van der Waals surface area contributed by atoms with E-state index in [1.165, 1.54) is 0 Å². The first-order valence-electron chi connectivity index (χ1n) is 10.1. The zero-order valence-corrected chi connectivity index (χ0v) is 17.5. The van der Waals surface area contributed by atoms with Gasteiger partial charge in [-0.3, -0.25) is 9.59 Å². The Morgan fingerprint density at radius 1 is 1.17 bits per heavy atom. The predicted molar refractivity (Wildman–Crippen MR) is 104 cm³/mol. The maximum Gasteiger partial charge on any atom is 0.407 e. The van der Waals surface area contributed by atoms with Crippen LogP contribution in [0, 0.1) is 5.41 Å². The molecule has 168 valence electrons. The van der Waals surface area contributed by atoms with Crippen molar-refractivity contribution >= 4 is 23.9 Å². The van der Waals surface area contributed by atoms with Gasteiger partial charge < -0.3 is 24.4 Å². The lowest BCUT2D eigenvalue weighted by Crippen LogP contribution is -2.40. The van der Waals surface area contributed by atoms with Crippen LogP contribution in [0.3, 0.4) is 0 Å². The molecule has 0 aromatic carbocycles. The maximum absolute atomic E-state index is 12.7. The van der Waals surface area contributed by atoms with Crippen LogP contribution in [-0.4, -0.2) is 68.5 Å². The van der Waals surface area contributed by atoms with Crippen molar-refractivity contribution < 1.29 is 38.2 Å². The van der Waals surface area contributed by atoms with Crippen LogP contribution < -0.4 is 5.32 Å². The molecule has 1 saturated heterocycles. The number of imide groups is 1. The van der Waals surface area contributed by atoms with Gasteiger partial charge in [-0.2, -0.15) is 0 Å². The van der Waals surface area contributed by atoms with Gasteiger partial charge in [-0.1, -0.05) is 6.08 Å². The number of nitrogens with zero attached hydrogens (tertiary/aromatic N) is 1. The molecule has 30 heavy (non-hydrogen) atoms. The number of hydroxylamine groups is 2. The normalized spacial score (nSPS) is 25.4. The molecule has 1 aliphatic carbocycles. The van der Waals surface area contributed by atoms with E-state index in [2.05, 4.69) is 5.32 Å². The molecule has 10 heteroatoms. The summed E-state index contributed by atoms with van der Waals surface area (Å²) in [6.45, 7) is 3.31. The highest BCUT2D eigenvalue weighted by molar-refractivity contribution is 6.01. The zero-order chi connectivity index (χ0) is 22.0. The number of amides is 3. The van der Waals surface area contributed by atoms with Gasteiger partial charge in [0.2, 0.25) is 0 Å². The third kappa shape index (κ3) is 7.10. The van der Waals surface area contributed by atoms with Crippen molar-refractivity contribution in [3.63, 3.8) is 0 Å². The molecule has 0 spiro atoms. The molecule has 2 rings (SSSR count). The Bertz CT molecular complexity index is 649. The summed E-state index contributed by atoms with van der Waals surface area (Å²) >= 11 is 0. The Labute approximate surface area is 175 Å². The largest absolute Gasteiger partial charge is 0.442 e. The number of carbonyl (C=O) groups is 4. The fourth-order valence-electron chi connectivity index (χ4n) is 3.13. The summed E-state index contributed by atoms with van der Waals surface area (Å²) < 4.78 is 15.5. The zero-order valence-electron chi connectivity index (χ0n) is 17.5. The molecule has 10 nitrogen and oxygen atoms in total. The van der Waals surface area contributed by atoms with Crippen molar-refractivity contribution in [3.05, 3.63) is 12.2 Å². The minimum absolute atomic E-state index is 0.0496. The van der Waals surface area contributed by atoms with Gasteiger partial charge in [0.05, 0.1) is 25.2 Å². The highest BCUT2D eigenvalue weighted by Crippen LogP contribution is 2.34. The predicted octanol–water partition coefficient (Wildman–Crippen LogP) is 1.49. The third-order valence-electron chi connectivity index (χ3n) is 5.07. The van der Waals surface area contributed by atoms with E-state index >= 15 is 0 Å². The SMILES string of the molecule is COCCOCCNC(=O)O[C@@H]1/C=C/CC[C@](C)(C(=O)ON2C(=O)CCC2=O)CC1. The highest BCUT2D eigenvalue weighted by Gasteiger charge is 2.41. The average molecular weight is 426 g/mol. The molecule has 1 aliphatic heterocycles. The van der Waals surface area contributed by atoms with Gasteiger partial charge in [0.25, 0.3) is 11.8 Å². The van der Waals surface area contributed by atoms with Crippen molar-refractivity contribution in [2.45, 2.75) is 51.6 Å². The summed E-state index contributed by atoms with van der Waals surface area (Å²) in [6.07, 6.45) is 4.53. The Morgan fingerprint density at radius 2 is 1.90 bits per heavy atom. The summed E-state index contributed by atoms with van der Waals surface area (Å²) in [4.78, 5) is 53.2. The van der Waals surface area contributed by atoms with E-state index in [4.69, 9.17) is 19.0 Å². The molecule has 0 saturated carbocycles.